The van der Waals surface area contributed by atoms with E-state index >= 15 is 0 Å². The molecule has 6 nitrogen and oxygen atoms in total. The number of carbonyl (C=O) groups is 1. The zero-order valence-electron chi connectivity index (χ0n) is 13.4. The molecule has 2 aromatic rings. The van der Waals surface area contributed by atoms with Crippen molar-refractivity contribution in [2.24, 2.45) is 0 Å². The maximum atomic E-state index is 12.5. The first-order valence-electron chi connectivity index (χ1n) is 7.63. The highest BCUT2D eigenvalue weighted by atomic mass is 35.5. The number of amides is 1. The van der Waals surface area contributed by atoms with Crippen molar-refractivity contribution in [1.29, 1.82) is 0 Å². The average Bonchev–Trinajstić information content (AvgIpc) is 2.89. The molecule has 1 aliphatic rings. The quantitative estimate of drug-likeness (QED) is 0.920. The van der Waals surface area contributed by atoms with Crippen molar-refractivity contribution in [1.82, 2.24) is 25.2 Å². The van der Waals surface area contributed by atoms with E-state index in [9.17, 15) is 4.79 Å². The maximum absolute atomic E-state index is 12.5. The van der Waals surface area contributed by atoms with Crippen LogP contribution in [0.2, 0.25) is 0 Å². The van der Waals surface area contributed by atoms with E-state index in [1.54, 1.807) is 4.68 Å². The number of rotatable bonds is 3. The molecule has 1 N–H and O–H groups in total. The van der Waals surface area contributed by atoms with E-state index in [0.717, 1.165) is 36.7 Å². The lowest BCUT2D eigenvalue weighted by atomic mass is 10.1. The van der Waals surface area contributed by atoms with Gasteiger partial charge in [-0.1, -0.05) is 23.4 Å². The largest absolute Gasteiger partial charge is 0.337 e. The van der Waals surface area contributed by atoms with Crippen LogP contribution < -0.4 is 5.32 Å². The predicted molar refractivity (Wildman–Crippen MR) is 91.1 cm³/mol. The van der Waals surface area contributed by atoms with E-state index in [1.807, 2.05) is 42.2 Å². The van der Waals surface area contributed by atoms with Crippen molar-refractivity contribution in [3.63, 3.8) is 0 Å². The summed E-state index contributed by atoms with van der Waals surface area (Å²) >= 11 is 0. The summed E-state index contributed by atoms with van der Waals surface area (Å²) in [5.41, 5.74) is 2.63. The molecule has 1 atom stereocenters. The van der Waals surface area contributed by atoms with E-state index in [-0.39, 0.29) is 24.4 Å². The smallest absolute Gasteiger partial charge is 0.229 e. The van der Waals surface area contributed by atoms with Gasteiger partial charge in [-0.3, -0.25) is 4.79 Å². The number of aromatic nitrogens is 3. The van der Waals surface area contributed by atoms with E-state index in [1.165, 1.54) is 0 Å². The second-order valence-electron chi connectivity index (χ2n) is 5.69. The highest BCUT2D eigenvalue weighted by molar-refractivity contribution is 5.85. The molecule has 1 unspecified atom stereocenters. The molecular weight excluding hydrogens is 314 g/mol. The summed E-state index contributed by atoms with van der Waals surface area (Å²) in [4.78, 5) is 14.4. The Morgan fingerprint density at radius 1 is 1.35 bits per heavy atom. The third kappa shape index (κ3) is 3.71. The molecular formula is C16H22ClN5O. The lowest BCUT2D eigenvalue weighted by Gasteiger charge is -2.33. The number of halogens is 1. The van der Waals surface area contributed by atoms with Gasteiger partial charge in [-0.05, 0) is 26.0 Å². The lowest BCUT2D eigenvalue weighted by molar-refractivity contribution is -0.133. The van der Waals surface area contributed by atoms with Gasteiger partial charge in [0, 0.05) is 25.7 Å². The van der Waals surface area contributed by atoms with Gasteiger partial charge in [0.15, 0.2) is 0 Å². The maximum Gasteiger partial charge on any atom is 0.229 e. The summed E-state index contributed by atoms with van der Waals surface area (Å²) in [7, 11) is 0. The standard InChI is InChI=1S/C16H21N5O.ClH/c1-12-11-17-8-9-20(12)16(22)10-15-13(2)21(19-18-15)14-6-4-3-5-7-14;/h3-7,12,17H,8-11H2,1-2H3;1H. The number of nitrogens with one attached hydrogen (secondary N) is 1. The Morgan fingerprint density at radius 2 is 2.09 bits per heavy atom. The van der Waals surface area contributed by atoms with Crippen molar-refractivity contribution in [2.45, 2.75) is 26.3 Å². The molecule has 3 rings (SSSR count). The molecule has 1 fully saturated rings. The van der Waals surface area contributed by atoms with Gasteiger partial charge in [0.1, 0.15) is 0 Å². The van der Waals surface area contributed by atoms with Crippen molar-refractivity contribution in [3.8, 4) is 5.69 Å². The molecule has 23 heavy (non-hydrogen) atoms. The first-order valence-corrected chi connectivity index (χ1v) is 7.63. The van der Waals surface area contributed by atoms with E-state index in [4.69, 9.17) is 0 Å². The van der Waals surface area contributed by atoms with Crippen molar-refractivity contribution < 1.29 is 4.79 Å². The SMILES string of the molecule is Cc1c(CC(=O)N2CCNCC2C)nnn1-c1ccccc1.Cl. The van der Waals surface area contributed by atoms with E-state index in [0.29, 0.717) is 6.42 Å². The number of hydrogen-bond donors (Lipinski definition) is 1. The van der Waals surface area contributed by atoms with Crippen LogP contribution in [0, 0.1) is 6.92 Å². The molecule has 0 radical (unpaired) electrons. The van der Waals surface area contributed by atoms with Gasteiger partial charge in [-0.25, -0.2) is 4.68 Å². The molecule has 124 valence electrons. The third-order valence-corrected chi connectivity index (χ3v) is 4.13. The van der Waals surface area contributed by atoms with Crippen molar-refractivity contribution in [2.75, 3.05) is 19.6 Å². The molecule has 1 aromatic carbocycles. The molecule has 0 spiro atoms. The Labute approximate surface area is 142 Å². The van der Waals surface area contributed by atoms with Crippen LogP contribution in [-0.2, 0) is 11.2 Å². The normalized spacial score (nSPS) is 17.7. The summed E-state index contributed by atoms with van der Waals surface area (Å²) < 4.78 is 1.78. The number of piperazine rings is 1. The van der Waals surface area contributed by atoms with E-state index < -0.39 is 0 Å². The summed E-state index contributed by atoms with van der Waals surface area (Å²) in [6.07, 6.45) is 0.309. The van der Waals surface area contributed by atoms with Crippen LogP contribution in [0.4, 0.5) is 0 Å². The Bertz CT molecular complexity index is 658. The Balaban J connectivity index is 0.00000192. The number of benzene rings is 1. The monoisotopic (exact) mass is 335 g/mol. The first-order chi connectivity index (χ1) is 10.7. The molecule has 1 saturated heterocycles. The summed E-state index contributed by atoms with van der Waals surface area (Å²) in [5, 5.41) is 11.7. The van der Waals surface area contributed by atoms with Gasteiger partial charge in [0.05, 0.1) is 23.5 Å². The minimum Gasteiger partial charge on any atom is -0.337 e. The third-order valence-electron chi connectivity index (χ3n) is 4.13. The van der Waals surface area contributed by atoms with Gasteiger partial charge in [0.25, 0.3) is 0 Å². The second-order valence-corrected chi connectivity index (χ2v) is 5.69. The second kappa shape index (κ2) is 7.57. The molecule has 7 heteroatoms. The van der Waals surface area contributed by atoms with Crippen molar-refractivity contribution >= 4 is 18.3 Å². The number of hydrogen-bond acceptors (Lipinski definition) is 4. The van der Waals surface area contributed by atoms with Crippen LogP contribution in [-0.4, -0.2) is 51.5 Å². The number of carbonyl (C=O) groups excluding carboxylic acids is 1. The minimum atomic E-state index is 0. The molecule has 1 aliphatic heterocycles. The molecule has 0 aliphatic carbocycles. The van der Waals surface area contributed by atoms with Gasteiger partial charge in [-0.2, -0.15) is 0 Å². The first kappa shape index (κ1) is 17.4. The van der Waals surface area contributed by atoms with Gasteiger partial charge in [-0.15, -0.1) is 17.5 Å². The summed E-state index contributed by atoms with van der Waals surface area (Å²) in [6.45, 7) is 6.48. The van der Waals surface area contributed by atoms with Gasteiger partial charge in [0.2, 0.25) is 5.91 Å². The number of para-hydroxylation sites is 1. The fourth-order valence-electron chi connectivity index (χ4n) is 2.79. The van der Waals surface area contributed by atoms with Crippen LogP contribution in [0.1, 0.15) is 18.3 Å². The average molecular weight is 336 g/mol. The van der Waals surface area contributed by atoms with Crippen LogP contribution in [0.5, 0.6) is 0 Å². The van der Waals surface area contributed by atoms with Gasteiger partial charge >= 0.3 is 0 Å². The molecule has 0 bridgehead atoms. The highest BCUT2D eigenvalue weighted by Crippen LogP contribution is 2.14. The Kier molecular flexibility index (Phi) is 5.74. The molecule has 0 saturated carbocycles. The fourth-order valence-corrected chi connectivity index (χ4v) is 2.79. The Hall–Kier alpha value is -1.92. The zero-order chi connectivity index (χ0) is 15.5. The molecule has 1 aromatic heterocycles. The van der Waals surface area contributed by atoms with E-state index in [2.05, 4.69) is 22.6 Å². The topological polar surface area (TPSA) is 63.1 Å². The van der Waals surface area contributed by atoms with Crippen LogP contribution in [0.3, 0.4) is 0 Å². The summed E-state index contributed by atoms with van der Waals surface area (Å²) in [6, 6.07) is 10.1. The van der Waals surface area contributed by atoms with Crippen LogP contribution in [0.15, 0.2) is 30.3 Å². The highest BCUT2D eigenvalue weighted by Gasteiger charge is 2.24. The van der Waals surface area contributed by atoms with Crippen LogP contribution in [0.25, 0.3) is 5.69 Å². The fraction of sp³-hybridized carbons (Fsp3) is 0.438. The molecule has 2 heterocycles. The lowest BCUT2D eigenvalue weighted by Crippen LogP contribution is -2.52. The zero-order valence-corrected chi connectivity index (χ0v) is 14.2. The predicted octanol–water partition coefficient (Wildman–Crippen LogP) is 1.36. The Morgan fingerprint density at radius 3 is 2.78 bits per heavy atom. The van der Waals surface area contributed by atoms with Crippen LogP contribution >= 0.6 is 12.4 Å². The van der Waals surface area contributed by atoms with Crippen molar-refractivity contribution in [3.05, 3.63) is 41.7 Å². The molecule has 1 amide bonds. The summed E-state index contributed by atoms with van der Waals surface area (Å²) in [5.74, 6) is 0.122. The minimum absolute atomic E-state index is 0. The number of nitrogens with zero attached hydrogens (tertiary/aromatic N) is 4. The van der Waals surface area contributed by atoms with Gasteiger partial charge < -0.3 is 10.2 Å².